The highest BCUT2D eigenvalue weighted by Crippen LogP contribution is 2.24. The van der Waals surface area contributed by atoms with Gasteiger partial charge in [0.05, 0.1) is 0 Å². The molecule has 1 aromatic carbocycles. The number of benzene rings is 1. The van der Waals surface area contributed by atoms with E-state index in [9.17, 15) is 0 Å². The molecule has 0 fully saturated rings. The third-order valence-corrected chi connectivity index (χ3v) is 5.25. The molecule has 1 atom stereocenters. The molecule has 0 amide bonds. The third-order valence-electron chi connectivity index (χ3n) is 3.53. The standard InChI is InChI=1S/C18H24BrNS/c1-13(2)20-11-16(9-18-10-17(19)12-21-18)8-15-6-4-5-14(3)7-15/h4-7,10,12-13,16,20H,8-9,11H2,1-3H3. The zero-order chi connectivity index (χ0) is 15.2. The molecule has 3 heteroatoms. The van der Waals surface area contributed by atoms with Crippen molar-refractivity contribution in [1.82, 2.24) is 5.32 Å². The molecule has 1 N–H and O–H groups in total. The molecule has 2 rings (SSSR count). The van der Waals surface area contributed by atoms with Gasteiger partial charge in [-0.2, -0.15) is 0 Å². The molecule has 0 bridgehead atoms. The van der Waals surface area contributed by atoms with Gasteiger partial charge >= 0.3 is 0 Å². The molecule has 1 unspecified atom stereocenters. The Morgan fingerprint density at radius 1 is 1.19 bits per heavy atom. The zero-order valence-electron chi connectivity index (χ0n) is 13.0. The Morgan fingerprint density at radius 2 is 2.00 bits per heavy atom. The van der Waals surface area contributed by atoms with Gasteiger partial charge in [0.2, 0.25) is 0 Å². The number of hydrogen-bond acceptors (Lipinski definition) is 2. The summed E-state index contributed by atoms with van der Waals surface area (Å²) >= 11 is 5.41. The van der Waals surface area contributed by atoms with E-state index in [2.05, 4.69) is 77.7 Å². The second-order valence-corrected chi connectivity index (χ2v) is 7.97. The number of aryl methyl sites for hydroxylation is 1. The molecule has 1 nitrogen and oxygen atoms in total. The van der Waals surface area contributed by atoms with Crippen molar-refractivity contribution < 1.29 is 0 Å². The van der Waals surface area contributed by atoms with Crippen molar-refractivity contribution in [3.8, 4) is 0 Å². The van der Waals surface area contributed by atoms with E-state index in [-0.39, 0.29) is 0 Å². The molecule has 0 radical (unpaired) electrons. The average molecular weight is 366 g/mol. The smallest absolute Gasteiger partial charge is 0.0285 e. The second kappa shape index (κ2) is 8.11. The first kappa shape index (κ1) is 16.7. The minimum Gasteiger partial charge on any atom is -0.314 e. The van der Waals surface area contributed by atoms with Crippen LogP contribution in [0, 0.1) is 12.8 Å². The lowest BCUT2D eigenvalue weighted by Gasteiger charge is -2.19. The highest BCUT2D eigenvalue weighted by atomic mass is 79.9. The van der Waals surface area contributed by atoms with E-state index < -0.39 is 0 Å². The van der Waals surface area contributed by atoms with E-state index in [1.54, 1.807) is 0 Å². The highest BCUT2D eigenvalue weighted by Gasteiger charge is 2.13. The third kappa shape index (κ3) is 5.93. The van der Waals surface area contributed by atoms with Crippen molar-refractivity contribution in [2.24, 2.45) is 5.92 Å². The lowest BCUT2D eigenvalue weighted by atomic mass is 9.94. The molecule has 2 aromatic rings. The maximum Gasteiger partial charge on any atom is 0.0285 e. The molecular weight excluding hydrogens is 342 g/mol. The summed E-state index contributed by atoms with van der Waals surface area (Å²) in [5.74, 6) is 0.639. The summed E-state index contributed by atoms with van der Waals surface area (Å²) in [6.45, 7) is 7.67. The molecule has 0 aliphatic carbocycles. The van der Waals surface area contributed by atoms with E-state index in [4.69, 9.17) is 0 Å². The van der Waals surface area contributed by atoms with Crippen LogP contribution in [0.3, 0.4) is 0 Å². The maximum absolute atomic E-state index is 3.60. The van der Waals surface area contributed by atoms with E-state index in [1.165, 1.54) is 20.5 Å². The Balaban J connectivity index is 2.04. The van der Waals surface area contributed by atoms with Gasteiger partial charge in [-0.1, -0.05) is 43.7 Å². The summed E-state index contributed by atoms with van der Waals surface area (Å²) in [7, 11) is 0. The van der Waals surface area contributed by atoms with Gasteiger partial charge in [-0.3, -0.25) is 0 Å². The van der Waals surface area contributed by atoms with E-state index in [1.807, 2.05) is 11.3 Å². The molecule has 0 aliphatic heterocycles. The molecule has 0 saturated heterocycles. The summed E-state index contributed by atoms with van der Waals surface area (Å²) in [5, 5.41) is 5.78. The monoisotopic (exact) mass is 365 g/mol. The van der Waals surface area contributed by atoms with Crippen LogP contribution in [0.1, 0.15) is 29.9 Å². The number of nitrogens with one attached hydrogen (secondary N) is 1. The fourth-order valence-electron chi connectivity index (χ4n) is 2.54. The van der Waals surface area contributed by atoms with Gasteiger partial charge in [0, 0.05) is 20.8 Å². The van der Waals surface area contributed by atoms with Crippen molar-refractivity contribution in [2.45, 2.75) is 39.7 Å². The first-order valence-electron chi connectivity index (χ1n) is 7.54. The predicted molar refractivity (Wildman–Crippen MR) is 97.2 cm³/mol. The van der Waals surface area contributed by atoms with Gasteiger partial charge in [-0.15, -0.1) is 11.3 Å². The molecule has 114 valence electrons. The Morgan fingerprint density at radius 3 is 2.62 bits per heavy atom. The lowest BCUT2D eigenvalue weighted by Crippen LogP contribution is -2.30. The van der Waals surface area contributed by atoms with Crippen LogP contribution in [-0.2, 0) is 12.8 Å². The van der Waals surface area contributed by atoms with Gasteiger partial charge in [-0.25, -0.2) is 0 Å². The summed E-state index contributed by atoms with van der Waals surface area (Å²) < 4.78 is 1.20. The predicted octanol–water partition coefficient (Wildman–Crippen LogP) is 5.22. The van der Waals surface area contributed by atoms with Gasteiger partial charge < -0.3 is 5.32 Å². The summed E-state index contributed by atoms with van der Waals surface area (Å²) in [6.07, 6.45) is 2.28. The summed E-state index contributed by atoms with van der Waals surface area (Å²) in [4.78, 5) is 1.46. The summed E-state index contributed by atoms with van der Waals surface area (Å²) in [5.41, 5.74) is 2.79. The molecule has 0 spiro atoms. The minimum absolute atomic E-state index is 0.542. The van der Waals surface area contributed by atoms with Gasteiger partial charge in [0.15, 0.2) is 0 Å². The van der Waals surface area contributed by atoms with Crippen LogP contribution in [0.5, 0.6) is 0 Å². The van der Waals surface area contributed by atoms with Gasteiger partial charge in [0.25, 0.3) is 0 Å². The van der Waals surface area contributed by atoms with Crippen LogP contribution in [0.2, 0.25) is 0 Å². The van der Waals surface area contributed by atoms with E-state index >= 15 is 0 Å². The Labute approximate surface area is 140 Å². The number of rotatable bonds is 7. The Hall–Kier alpha value is -0.640. The first-order chi connectivity index (χ1) is 10.0. The molecule has 21 heavy (non-hydrogen) atoms. The molecule has 0 aliphatic rings. The highest BCUT2D eigenvalue weighted by molar-refractivity contribution is 9.10. The fourth-order valence-corrected chi connectivity index (χ4v) is 4.10. The van der Waals surface area contributed by atoms with E-state index in [0.717, 1.165) is 19.4 Å². The molecule has 1 heterocycles. The second-order valence-electron chi connectivity index (χ2n) is 6.06. The maximum atomic E-state index is 3.60. The van der Waals surface area contributed by atoms with Crippen LogP contribution >= 0.6 is 27.3 Å². The zero-order valence-corrected chi connectivity index (χ0v) is 15.4. The fraction of sp³-hybridized carbons (Fsp3) is 0.444. The SMILES string of the molecule is Cc1cccc(CC(CNC(C)C)Cc2cc(Br)cs2)c1. The van der Waals surface area contributed by atoms with Crippen molar-refractivity contribution in [2.75, 3.05) is 6.54 Å². The summed E-state index contributed by atoms with van der Waals surface area (Å²) in [6, 6.07) is 11.7. The number of halogens is 1. The largest absolute Gasteiger partial charge is 0.314 e. The Bertz CT molecular complexity index is 562. The topological polar surface area (TPSA) is 12.0 Å². The van der Waals surface area contributed by atoms with Crippen LogP contribution in [0.15, 0.2) is 40.2 Å². The molecule has 1 aromatic heterocycles. The van der Waals surface area contributed by atoms with Crippen molar-refractivity contribution in [1.29, 1.82) is 0 Å². The normalized spacial score (nSPS) is 12.8. The first-order valence-corrected chi connectivity index (χ1v) is 9.22. The van der Waals surface area contributed by atoms with E-state index in [0.29, 0.717) is 12.0 Å². The lowest BCUT2D eigenvalue weighted by molar-refractivity contribution is 0.446. The molecule has 0 saturated carbocycles. The minimum atomic E-state index is 0.542. The quantitative estimate of drug-likeness (QED) is 0.709. The van der Waals surface area contributed by atoms with Crippen LogP contribution < -0.4 is 5.32 Å². The Kier molecular flexibility index (Phi) is 6.46. The van der Waals surface area contributed by atoms with Crippen molar-refractivity contribution >= 4 is 27.3 Å². The molecular formula is C18H24BrNS. The van der Waals surface area contributed by atoms with Crippen molar-refractivity contribution in [3.05, 3.63) is 56.2 Å². The van der Waals surface area contributed by atoms with Gasteiger partial charge in [-0.05, 0) is 59.8 Å². The number of hydrogen-bond donors (Lipinski definition) is 1. The van der Waals surface area contributed by atoms with Crippen LogP contribution in [0.25, 0.3) is 0 Å². The number of thiophene rings is 1. The van der Waals surface area contributed by atoms with Crippen LogP contribution in [0.4, 0.5) is 0 Å². The van der Waals surface area contributed by atoms with Crippen LogP contribution in [-0.4, -0.2) is 12.6 Å². The van der Waals surface area contributed by atoms with Gasteiger partial charge in [0.1, 0.15) is 0 Å². The van der Waals surface area contributed by atoms with Crippen molar-refractivity contribution in [3.63, 3.8) is 0 Å². The average Bonchev–Trinajstić information content (AvgIpc) is 2.81.